The molecular formula is C11H25N3O. The Morgan fingerprint density at radius 2 is 1.87 bits per heavy atom. The lowest BCUT2D eigenvalue weighted by Crippen LogP contribution is -2.55. The highest BCUT2D eigenvalue weighted by Crippen LogP contribution is 2.08. The molecule has 4 heteroatoms. The lowest BCUT2D eigenvalue weighted by atomic mass is 10.0. The summed E-state index contributed by atoms with van der Waals surface area (Å²) in [6.45, 7) is 9.82. The molecule has 0 bridgehead atoms. The van der Waals surface area contributed by atoms with Crippen molar-refractivity contribution in [1.82, 2.24) is 15.1 Å². The number of urea groups is 1. The fourth-order valence-corrected chi connectivity index (χ4v) is 1.47. The third-order valence-corrected chi connectivity index (χ3v) is 3.12. The molecule has 1 saturated heterocycles. The van der Waals surface area contributed by atoms with Crippen LogP contribution in [-0.2, 0) is 0 Å². The summed E-state index contributed by atoms with van der Waals surface area (Å²) in [7, 11) is 2.09. The quantitative estimate of drug-likeness (QED) is 0.755. The second-order valence-corrected chi connectivity index (χ2v) is 4.96. The maximum Gasteiger partial charge on any atom is 0.317 e. The Balaban J connectivity index is 0.00000225. The zero-order valence-electron chi connectivity index (χ0n) is 10.3. The molecule has 1 fully saturated rings. The first-order chi connectivity index (χ1) is 6.94. The van der Waals surface area contributed by atoms with Gasteiger partial charge in [-0.2, -0.15) is 0 Å². The van der Waals surface area contributed by atoms with Gasteiger partial charge in [0.05, 0.1) is 0 Å². The van der Waals surface area contributed by atoms with E-state index in [0.717, 1.165) is 32.6 Å². The van der Waals surface area contributed by atoms with E-state index >= 15 is 0 Å². The van der Waals surface area contributed by atoms with Crippen LogP contribution in [0, 0.1) is 0 Å². The van der Waals surface area contributed by atoms with E-state index in [9.17, 15) is 4.79 Å². The summed E-state index contributed by atoms with van der Waals surface area (Å²) in [5.41, 5.74) is -0.0968. The van der Waals surface area contributed by atoms with Gasteiger partial charge in [0.25, 0.3) is 0 Å². The Morgan fingerprint density at radius 3 is 2.33 bits per heavy atom. The Hall–Kier alpha value is -0.770. The molecule has 1 heterocycles. The maximum absolute atomic E-state index is 11.9. The van der Waals surface area contributed by atoms with Gasteiger partial charge in [-0.05, 0) is 27.3 Å². The summed E-state index contributed by atoms with van der Waals surface area (Å²) in [4.78, 5) is 16.0. The summed E-state index contributed by atoms with van der Waals surface area (Å²) >= 11 is 0. The minimum Gasteiger partial charge on any atom is -0.333 e. The van der Waals surface area contributed by atoms with Gasteiger partial charge in [0.1, 0.15) is 0 Å². The molecule has 0 unspecified atom stereocenters. The van der Waals surface area contributed by atoms with Crippen LogP contribution in [0.3, 0.4) is 0 Å². The van der Waals surface area contributed by atoms with E-state index in [1.807, 2.05) is 4.90 Å². The van der Waals surface area contributed by atoms with E-state index < -0.39 is 0 Å². The molecule has 15 heavy (non-hydrogen) atoms. The Bertz CT molecular complexity index is 225. The fraction of sp³-hybridized carbons (Fsp3) is 0.909. The van der Waals surface area contributed by atoms with Crippen molar-refractivity contribution in [3.05, 3.63) is 0 Å². The molecule has 2 amide bonds. The van der Waals surface area contributed by atoms with Crippen molar-refractivity contribution in [1.29, 1.82) is 0 Å². The van der Waals surface area contributed by atoms with Gasteiger partial charge in [-0.3, -0.25) is 0 Å². The Kier molecular flexibility index (Phi) is 3.97. The lowest BCUT2D eigenvalue weighted by Gasteiger charge is -2.35. The number of rotatable bonds is 2. The van der Waals surface area contributed by atoms with Crippen LogP contribution in [0.4, 0.5) is 4.79 Å². The largest absolute Gasteiger partial charge is 0.333 e. The van der Waals surface area contributed by atoms with E-state index in [1.165, 1.54) is 0 Å². The first-order valence-electron chi connectivity index (χ1n) is 5.70. The molecule has 4 nitrogen and oxygen atoms in total. The topological polar surface area (TPSA) is 35.6 Å². The summed E-state index contributed by atoms with van der Waals surface area (Å²) in [6, 6.07) is 0.0787. The number of amides is 2. The van der Waals surface area contributed by atoms with Crippen molar-refractivity contribution < 1.29 is 6.22 Å². The third-order valence-electron chi connectivity index (χ3n) is 3.12. The highest BCUT2D eigenvalue weighted by molar-refractivity contribution is 5.75. The van der Waals surface area contributed by atoms with Crippen LogP contribution in [0.25, 0.3) is 0 Å². The molecule has 0 aromatic heterocycles. The van der Waals surface area contributed by atoms with Crippen LogP contribution in [-0.4, -0.2) is 54.6 Å². The van der Waals surface area contributed by atoms with Crippen molar-refractivity contribution in [2.45, 2.75) is 32.7 Å². The molecule has 0 saturated carbocycles. The molecule has 1 aliphatic rings. The standard InChI is InChI=1S/C11H23N3O.H2/c1-5-11(2,3)12-10(15)14-8-6-13(4)7-9-14;/h5-9H2,1-4H3,(H,12,15);1H. The first kappa shape index (κ1) is 12.3. The van der Waals surface area contributed by atoms with E-state index in [0.29, 0.717) is 0 Å². The number of piperazine rings is 1. The van der Waals surface area contributed by atoms with Crippen LogP contribution in [0.5, 0.6) is 0 Å². The fourth-order valence-electron chi connectivity index (χ4n) is 1.47. The van der Waals surface area contributed by atoms with Crippen molar-refractivity contribution in [3.8, 4) is 0 Å². The number of carbonyl (C=O) groups is 1. The summed E-state index contributed by atoms with van der Waals surface area (Å²) in [5.74, 6) is 0. The summed E-state index contributed by atoms with van der Waals surface area (Å²) in [5, 5.41) is 3.06. The van der Waals surface area contributed by atoms with Crippen molar-refractivity contribution >= 4 is 6.03 Å². The van der Waals surface area contributed by atoms with Gasteiger partial charge in [0.2, 0.25) is 0 Å². The van der Waals surface area contributed by atoms with E-state index in [-0.39, 0.29) is 13.0 Å². The molecule has 1 N–H and O–H groups in total. The number of nitrogens with one attached hydrogen (secondary N) is 1. The summed E-state index contributed by atoms with van der Waals surface area (Å²) in [6.07, 6.45) is 0.951. The minimum atomic E-state index is -0.0968. The molecular weight excluding hydrogens is 190 g/mol. The van der Waals surface area contributed by atoms with Gasteiger partial charge in [0, 0.05) is 33.1 Å². The van der Waals surface area contributed by atoms with Gasteiger partial charge in [-0.1, -0.05) is 6.92 Å². The predicted molar refractivity (Wildman–Crippen MR) is 64.1 cm³/mol. The van der Waals surface area contributed by atoms with Crippen LogP contribution in [0.1, 0.15) is 28.6 Å². The number of nitrogens with zero attached hydrogens (tertiary/aromatic N) is 2. The predicted octanol–water partition coefficient (Wildman–Crippen LogP) is 1.38. The summed E-state index contributed by atoms with van der Waals surface area (Å²) < 4.78 is 0. The molecule has 0 aromatic rings. The molecule has 1 aliphatic heterocycles. The van der Waals surface area contributed by atoms with Gasteiger partial charge < -0.3 is 15.1 Å². The van der Waals surface area contributed by atoms with Crippen LogP contribution in [0.2, 0.25) is 0 Å². The average Bonchev–Trinajstić information content (AvgIpc) is 2.18. The smallest absolute Gasteiger partial charge is 0.317 e. The van der Waals surface area contributed by atoms with Crippen molar-refractivity contribution in [2.24, 2.45) is 0 Å². The maximum atomic E-state index is 11.9. The molecule has 90 valence electrons. The molecule has 0 aromatic carbocycles. The highest BCUT2D eigenvalue weighted by atomic mass is 16.2. The van der Waals surface area contributed by atoms with E-state index in [1.54, 1.807) is 0 Å². The minimum absolute atomic E-state index is 0. The SMILES string of the molecule is CCC(C)(C)NC(=O)N1CCN(C)CC1.[HH]. The number of hydrogen-bond acceptors (Lipinski definition) is 2. The Labute approximate surface area is 94.1 Å². The number of hydrogen-bond donors (Lipinski definition) is 1. The third kappa shape index (κ3) is 3.70. The van der Waals surface area contributed by atoms with Crippen LogP contribution < -0.4 is 5.32 Å². The van der Waals surface area contributed by atoms with Crippen molar-refractivity contribution in [2.75, 3.05) is 33.2 Å². The number of likely N-dealkylation sites (N-methyl/N-ethyl adjacent to an activating group) is 1. The van der Waals surface area contributed by atoms with Crippen LogP contribution >= 0.6 is 0 Å². The normalized spacial score (nSPS) is 19.1. The van der Waals surface area contributed by atoms with E-state index in [2.05, 4.69) is 38.0 Å². The van der Waals surface area contributed by atoms with Gasteiger partial charge >= 0.3 is 6.03 Å². The molecule has 0 radical (unpaired) electrons. The average molecular weight is 215 g/mol. The molecule has 1 rings (SSSR count). The van der Waals surface area contributed by atoms with Gasteiger partial charge in [0.15, 0.2) is 0 Å². The van der Waals surface area contributed by atoms with Gasteiger partial charge in [-0.15, -0.1) is 0 Å². The zero-order valence-corrected chi connectivity index (χ0v) is 10.3. The second kappa shape index (κ2) is 4.84. The van der Waals surface area contributed by atoms with Crippen LogP contribution in [0.15, 0.2) is 0 Å². The number of carbonyl (C=O) groups excluding carboxylic acids is 1. The Morgan fingerprint density at radius 1 is 1.33 bits per heavy atom. The lowest BCUT2D eigenvalue weighted by molar-refractivity contribution is 0.147. The molecule has 0 aliphatic carbocycles. The van der Waals surface area contributed by atoms with Gasteiger partial charge in [-0.25, -0.2) is 4.79 Å². The molecule has 0 atom stereocenters. The van der Waals surface area contributed by atoms with Crippen molar-refractivity contribution in [3.63, 3.8) is 0 Å². The second-order valence-electron chi connectivity index (χ2n) is 4.96. The highest BCUT2D eigenvalue weighted by Gasteiger charge is 2.24. The molecule has 0 spiro atoms. The zero-order chi connectivity index (χ0) is 11.5. The first-order valence-corrected chi connectivity index (χ1v) is 5.70. The monoisotopic (exact) mass is 215 g/mol. The van der Waals surface area contributed by atoms with E-state index in [4.69, 9.17) is 0 Å².